The molecule has 0 aromatic heterocycles. The van der Waals surface area contributed by atoms with E-state index in [4.69, 9.17) is 14.2 Å². The third-order valence-electron chi connectivity index (χ3n) is 3.69. The first-order chi connectivity index (χ1) is 6.94. The summed E-state index contributed by atoms with van der Waals surface area (Å²) >= 11 is 0. The molecule has 0 spiro atoms. The molecule has 0 aliphatic carbocycles. The van der Waals surface area contributed by atoms with Gasteiger partial charge in [0.25, 0.3) is 0 Å². The second kappa shape index (κ2) is 3.42. The highest BCUT2D eigenvalue weighted by molar-refractivity contribution is 5.00. The number of rotatable bonds is 2. The van der Waals surface area contributed by atoms with Crippen molar-refractivity contribution in [3.63, 3.8) is 0 Å². The maximum atomic E-state index is 10.1. The Morgan fingerprint density at radius 3 is 2.20 bits per heavy atom. The second-order valence-electron chi connectivity index (χ2n) is 4.78. The molecule has 4 nitrogen and oxygen atoms in total. The van der Waals surface area contributed by atoms with Crippen LogP contribution in [0.15, 0.2) is 0 Å². The molecule has 0 radical (unpaired) electrons. The number of fused-ring (bicyclic) bond motifs is 1. The van der Waals surface area contributed by atoms with Crippen LogP contribution in [0.3, 0.4) is 0 Å². The monoisotopic (exact) mass is 216 g/mol. The fourth-order valence-electron chi connectivity index (χ4n) is 2.13. The third-order valence-corrected chi connectivity index (χ3v) is 3.69. The zero-order valence-corrected chi connectivity index (χ0v) is 9.82. The van der Waals surface area contributed by atoms with Crippen molar-refractivity contribution in [2.24, 2.45) is 0 Å². The molecule has 2 heterocycles. The van der Waals surface area contributed by atoms with Crippen LogP contribution < -0.4 is 0 Å². The lowest BCUT2D eigenvalue weighted by atomic mass is 9.95. The van der Waals surface area contributed by atoms with Crippen LogP contribution in [0.1, 0.15) is 40.5 Å². The lowest BCUT2D eigenvalue weighted by Crippen LogP contribution is -2.42. The van der Waals surface area contributed by atoms with Crippen LogP contribution in [0.25, 0.3) is 0 Å². The van der Waals surface area contributed by atoms with Crippen molar-refractivity contribution in [1.82, 2.24) is 0 Å². The van der Waals surface area contributed by atoms with Gasteiger partial charge in [-0.15, -0.1) is 0 Å². The zero-order chi connectivity index (χ0) is 11.3. The van der Waals surface area contributed by atoms with Gasteiger partial charge in [0, 0.05) is 0 Å². The Kier molecular flexibility index (Phi) is 2.58. The maximum absolute atomic E-state index is 10.1. The van der Waals surface area contributed by atoms with Gasteiger partial charge in [0.1, 0.15) is 12.2 Å². The molecule has 2 aliphatic heterocycles. The largest absolute Gasteiger partial charge is 0.387 e. The summed E-state index contributed by atoms with van der Waals surface area (Å²) in [5, 5.41) is 10.1. The summed E-state index contributed by atoms with van der Waals surface area (Å²) < 4.78 is 17.2. The second-order valence-corrected chi connectivity index (χ2v) is 4.78. The van der Waals surface area contributed by atoms with Crippen molar-refractivity contribution in [2.75, 3.05) is 0 Å². The number of hydrogen-bond acceptors (Lipinski definition) is 4. The van der Waals surface area contributed by atoms with E-state index < -0.39 is 23.8 Å². The quantitative estimate of drug-likeness (QED) is 0.758. The highest BCUT2D eigenvalue weighted by atomic mass is 16.8. The molecule has 4 heteroatoms. The Bertz CT molecular complexity index is 257. The summed E-state index contributed by atoms with van der Waals surface area (Å²) in [5.74, 6) is -0.606. The molecule has 0 bridgehead atoms. The molecule has 1 unspecified atom stereocenters. The van der Waals surface area contributed by atoms with Gasteiger partial charge in [-0.2, -0.15) is 0 Å². The topological polar surface area (TPSA) is 47.9 Å². The highest BCUT2D eigenvalue weighted by Crippen LogP contribution is 2.44. The molecule has 1 N–H and O–H groups in total. The standard InChI is InChI=1S/C11H20O4/c1-5-10(3)8(12)7-9(14-10)15-11(4,6-2)13-7/h7-9,12H,5-6H2,1-4H3/t7-,8+,9-,10+,11?/m1/s1. The Morgan fingerprint density at radius 1 is 1.07 bits per heavy atom. The predicted octanol–water partition coefficient (Wildman–Crippen LogP) is 1.41. The van der Waals surface area contributed by atoms with Gasteiger partial charge in [0.2, 0.25) is 0 Å². The van der Waals surface area contributed by atoms with Gasteiger partial charge in [-0.05, 0) is 26.7 Å². The number of aliphatic hydroxyl groups is 1. The molecule has 0 aromatic carbocycles. The van der Waals surface area contributed by atoms with Gasteiger partial charge in [-0.3, -0.25) is 0 Å². The fourth-order valence-corrected chi connectivity index (χ4v) is 2.13. The minimum atomic E-state index is -0.610. The van der Waals surface area contributed by atoms with Crippen LogP contribution in [0.4, 0.5) is 0 Å². The lowest BCUT2D eigenvalue weighted by Gasteiger charge is -2.30. The average Bonchev–Trinajstić information content (AvgIpc) is 2.64. The summed E-state index contributed by atoms with van der Waals surface area (Å²) in [5.41, 5.74) is -0.537. The van der Waals surface area contributed by atoms with E-state index in [2.05, 4.69) is 0 Å². The zero-order valence-electron chi connectivity index (χ0n) is 9.82. The smallest absolute Gasteiger partial charge is 0.190 e. The van der Waals surface area contributed by atoms with Crippen molar-refractivity contribution < 1.29 is 19.3 Å². The van der Waals surface area contributed by atoms with E-state index >= 15 is 0 Å². The first-order valence-electron chi connectivity index (χ1n) is 5.65. The highest BCUT2D eigenvalue weighted by Gasteiger charge is 2.59. The lowest BCUT2D eigenvalue weighted by molar-refractivity contribution is -0.244. The van der Waals surface area contributed by atoms with Crippen LogP contribution in [0, 0.1) is 0 Å². The van der Waals surface area contributed by atoms with Gasteiger partial charge in [-0.25, -0.2) is 0 Å². The summed E-state index contributed by atoms with van der Waals surface area (Å²) in [4.78, 5) is 0. The van der Waals surface area contributed by atoms with Crippen LogP contribution >= 0.6 is 0 Å². The molecule has 2 rings (SSSR count). The van der Waals surface area contributed by atoms with E-state index in [-0.39, 0.29) is 6.10 Å². The average molecular weight is 216 g/mol. The third kappa shape index (κ3) is 1.60. The van der Waals surface area contributed by atoms with E-state index in [0.29, 0.717) is 0 Å². The Morgan fingerprint density at radius 2 is 1.73 bits per heavy atom. The molecule has 15 heavy (non-hydrogen) atoms. The van der Waals surface area contributed by atoms with Crippen molar-refractivity contribution >= 4 is 0 Å². The van der Waals surface area contributed by atoms with E-state index in [1.54, 1.807) is 0 Å². The summed E-state index contributed by atoms with van der Waals surface area (Å²) in [6.45, 7) is 7.76. The van der Waals surface area contributed by atoms with E-state index in [1.165, 1.54) is 0 Å². The minimum absolute atomic E-state index is 0.347. The summed E-state index contributed by atoms with van der Waals surface area (Å²) in [6, 6.07) is 0. The summed E-state index contributed by atoms with van der Waals surface area (Å²) in [7, 11) is 0. The maximum Gasteiger partial charge on any atom is 0.190 e. The Hall–Kier alpha value is -0.160. The SMILES string of the molecule is CCC1(C)O[C@H]2O[C@@](C)(CC)[C@@H](O)[C@H]2O1. The first kappa shape index (κ1) is 11.3. The molecule has 0 amide bonds. The molecule has 2 saturated heterocycles. The normalized spacial score (nSPS) is 54.6. The van der Waals surface area contributed by atoms with Crippen LogP contribution in [-0.2, 0) is 14.2 Å². The first-order valence-corrected chi connectivity index (χ1v) is 5.65. The van der Waals surface area contributed by atoms with E-state index in [1.807, 2.05) is 27.7 Å². The Labute approximate surface area is 90.5 Å². The van der Waals surface area contributed by atoms with E-state index in [0.717, 1.165) is 12.8 Å². The number of ether oxygens (including phenoxy) is 3. The van der Waals surface area contributed by atoms with Crippen molar-refractivity contribution in [3.05, 3.63) is 0 Å². The van der Waals surface area contributed by atoms with Crippen molar-refractivity contribution in [3.8, 4) is 0 Å². The molecular weight excluding hydrogens is 196 g/mol. The summed E-state index contributed by atoms with van der Waals surface area (Å²) in [6.07, 6.45) is 0.117. The van der Waals surface area contributed by atoms with E-state index in [9.17, 15) is 5.11 Å². The number of hydrogen-bond donors (Lipinski definition) is 1. The van der Waals surface area contributed by atoms with Crippen molar-refractivity contribution in [1.29, 1.82) is 0 Å². The van der Waals surface area contributed by atoms with Gasteiger partial charge in [0.05, 0.1) is 5.60 Å². The van der Waals surface area contributed by atoms with Gasteiger partial charge < -0.3 is 19.3 Å². The fraction of sp³-hybridized carbons (Fsp3) is 1.00. The molecule has 0 aromatic rings. The molecule has 0 saturated carbocycles. The minimum Gasteiger partial charge on any atom is -0.387 e. The molecule has 2 aliphatic rings. The van der Waals surface area contributed by atoms with Crippen molar-refractivity contribution in [2.45, 2.75) is 70.4 Å². The molecule has 88 valence electrons. The van der Waals surface area contributed by atoms with Crippen LogP contribution in [0.2, 0.25) is 0 Å². The molecule has 5 atom stereocenters. The molecule has 2 fully saturated rings. The Balaban J connectivity index is 2.13. The molecular formula is C11H20O4. The van der Waals surface area contributed by atoms with Gasteiger partial charge in [-0.1, -0.05) is 13.8 Å². The van der Waals surface area contributed by atoms with Crippen LogP contribution in [-0.4, -0.2) is 35.0 Å². The van der Waals surface area contributed by atoms with Gasteiger partial charge >= 0.3 is 0 Å². The van der Waals surface area contributed by atoms with Gasteiger partial charge in [0.15, 0.2) is 12.1 Å². The van der Waals surface area contributed by atoms with Crippen LogP contribution in [0.5, 0.6) is 0 Å². The predicted molar refractivity (Wildman–Crippen MR) is 54.2 cm³/mol. The number of aliphatic hydroxyl groups excluding tert-OH is 1.